The normalized spacial score (nSPS) is 12.8. The summed E-state index contributed by atoms with van der Waals surface area (Å²) in [5.74, 6) is 0.536. The number of aryl methyl sites for hydroxylation is 1. The van der Waals surface area contributed by atoms with Crippen LogP contribution in [0.2, 0.25) is 0 Å². The fraction of sp³-hybridized carbons (Fsp3) is 0.471. The number of nitrogens with zero attached hydrogens (tertiary/aromatic N) is 2. The Kier molecular flexibility index (Phi) is 5.02. The Morgan fingerprint density at radius 1 is 1.10 bits per heavy atom. The molecule has 1 atom stereocenters. The van der Waals surface area contributed by atoms with Gasteiger partial charge >= 0.3 is 5.69 Å². The quantitative estimate of drug-likeness (QED) is 0.887. The van der Waals surface area contributed by atoms with Crippen LogP contribution >= 0.6 is 0 Å². The maximum atomic E-state index is 12.0. The monoisotopic (exact) mass is 287 g/mol. The number of rotatable bonds is 6. The molecule has 0 amide bonds. The second kappa shape index (κ2) is 6.76. The molecule has 0 radical (unpaired) electrons. The zero-order chi connectivity index (χ0) is 15.4. The highest BCUT2D eigenvalue weighted by Crippen LogP contribution is 2.19. The first-order chi connectivity index (χ1) is 10.0. The molecule has 0 saturated carbocycles. The predicted octanol–water partition coefficient (Wildman–Crippen LogP) is 2.66. The van der Waals surface area contributed by atoms with Crippen LogP contribution in [0.3, 0.4) is 0 Å². The Morgan fingerprint density at radius 2 is 1.71 bits per heavy atom. The van der Waals surface area contributed by atoms with Gasteiger partial charge in [0.2, 0.25) is 0 Å². The van der Waals surface area contributed by atoms with Crippen molar-refractivity contribution in [3.8, 4) is 0 Å². The molecule has 1 unspecified atom stereocenters. The molecule has 0 aliphatic heterocycles. The molecule has 4 nitrogen and oxygen atoms in total. The number of imidazole rings is 1. The second-order valence-corrected chi connectivity index (χ2v) is 5.78. The molecule has 0 bridgehead atoms. The van der Waals surface area contributed by atoms with E-state index in [4.69, 9.17) is 0 Å². The Balaban J connectivity index is 2.22. The summed E-state index contributed by atoms with van der Waals surface area (Å²) in [6.07, 6.45) is 3.64. The third kappa shape index (κ3) is 3.64. The van der Waals surface area contributed by atoms with Crippen molar-refractivity contribution in [2.24, 2.45) is 7.05 Å². The van der Waals surface area contributed by atoms with Gasteiger partial charge in [0.25, 0.3) is 0 Å². The van der Waals surface area contributed by atoms with Crippen LogP contribution in [0.5, 0.6) is 0 Å². The minimum absolute atomic E-state index is 0.0247. The number of nitrogens with one attached hydrogen (secondary N) is 1. The molecule has 114 valence electrons. The molecule has 0 aliphatic rings. The Morgan fingerprint density at radius 3 is 2.19 bits per heavy atom. The van der Waals surface area contributed by atoms with E-state index >= 15 is 0 Å². The van der Waals surface area contributed by atoms with Crippen molar-refractivity contribution in [3.05, 3.63) is 58.3 Å². The molecule has 0 fully saturated rings. The highest BCUT2D eigenvalue weighted by atomic mass is 16.1. The number of hydrogen-bond acceptors (Lipinski definition) is 2. The SMILES string of the molecule is CCNC(Cn1ccn(C)c1=O)c1ccc(C(C)C)cc1. The topological polar surface area (TPSA) is 39.0 Å². The van der Waals surface area contributed by atoms with E-state index in [1.54, 1.807) is 22.4 Å². The summed E-state index contributed by atoms with van der Waals surface area (Å²) in [7, 11) is 1.78. The summed E-state index contributed by atoms with van der Waals surface area (Å²) in [5, 5.41) is 3.46. The fourth-order valence-corrected chi connectivity index (χ4v) is 2.49. The van der Waals surface area contributed by atoms with Crippen LogP contribution in [-0.2, 0) is 13.6 Å². The van der Waals surface area contributed by atoms with E-state index in [-0.39, 0.29) is 11.7 Å². The maximum Gasteiger partial charge on any atom is 0.327 e. The first-order valence-corrected chi connectivity index (χ1v) is 7.58. The molecule has 1 aromatic carbocycles. The lowest BCUT2D eigenvalue weighted by molar-refractivity contribution is 0.464. The van der Waals surface area contributed by atoms with Crippen LogP contribution in [0.4, 0.5) is 0 Å². The number of benzene rings is 1. The van der Waals surface area contributed by atoms with Crippen molar-refractivity contribution in [3.63, 3.8) is 0 Å². The van der Waals surface area contributed by atoms with Crippen LogP contribution in [0.15, 0.2) is 41.5 Å². The molecule has 0 spiro atoms. The van der Waals surface area contributed by atoms with Crippen LogP contribution < -0.4 is 11.0 Å². The largest absolute Gasteiger partial charge is 0.327 e. The summed E-state index contributed by atoms with van der Waals surface area (Å²) >= 11 is 0. The summed E-state index contributed by atoms with van der Waals surface area (Å²) in [6.45, 7) is 8.00. The highest BCUT2D eigenvalue weighted by molar-refractivity contribution is 5.26. The molecule has 0 saturated heterocycles. The highest BCUT2D eigenvalue weighted by Gasteiger charge is 2.13. The fourth-order valence-electron chi connectivity index (χ4n) is 2.49. The van der Waals surface area contributed by atoms with Gasteiger partial charge in [-0.3, -0.25) is 4.57 Å². The van der Waals surface area contributed by atoms with Gasteiger partial charge in [-0.1, -0.05) is 45.0 Å². The molecule has 2 aromatic rings. The number of likely N-dealkylation sites (N-methyl/N-ethyl adjacent to an activating group) is 1. The van der Waals surface area contributed by atoms with Gasteiger partial charge in [-0.25, -0.2) is 4.79 Å². The lowest BCUT2D eigenvalue weighted by Gasteiger charge is -2.19. The summed E-state index contributed by atoms with van der Waals surface area (Å²) in [5.41, 5.74) is 2.58. The van der Waals surface area contributed by atoms with Gasteiger partial charge in [-0.15, -0.1) is 0 Å². The second-order valence-electron chi connectivity index (χ2n) is 5.78. The van der Waals surface area contributed by atoms with Crippen LogP contribution in [-0.4, -0.2) is 15.7 Å². The van der Waals surface area contributed by atoms with Crippen LogP contribution in [0.25, 0.3) is 0 Å². The molecular formula is C17H25N3O. The maximum absolute atomic E-state index is 12.0. The van der Waals surface area contributed by atoms with E-state index in [1.807, 2.05) is 6.20 Å². The van der Waals surface area contributed by atoms with E-state index in [0.717, 1.165) is 6.54 Å². The smallest absolute Gasteiger partial charge is 0.309 e. The summed E-state index contributed by atoms with van der Waals surface area (Å²) in [4.78, 5) is 12.0. The predicted molar refractivity (Wildman–Crippen MR) is 86.6 cm³/mol. The van der Waals surface area contributed by atoms with Gasteiger partial charge in [-0.2, -0.15) is 0 Å². The Labute approximate surface area is 126 Å². The third-order valence-corrected chi connectivity index (χ3v) is 3.85. The van der Waals surface area contributed by atoms with Gasteiger partial charge in [0.15, 0.2) is 0 Å². The van der Waals surface area contributed by atoms with Gasteiger partial charge < -0.3 is 9.88 Å². The number of hydrogen-bond donors (Lipinski definition) is 1. The average molecular weight is 287 g/mol. The minimum atomic E-state index is 0.0247. The molecular weight excluding hydrogens is 262 g/mol. The summed E-state index contributed by atoms with van der Waals surface area (Å²) in [6, 6.07) is 8.83. The van der Waals surface area contributed by atoms with Gasteiger partial charge in [0.05, 0.1) is 6.04 Å². The van der Waals surface area contributed by atoms with Crippen molar-refractivity contribution >= 4 is 0 Å². The third-order valence-electron chi connectivity index (χ3n) is 3.85. The van der Waals surface area contributed by atoms with Gasteiger partial charge in [0, 0.05) is 26.0 Å². The van der Waals surface area contributed by atoms with Crippen LogP contribution in [0.1, 0.15) is 43.9 Å². The van der Waals surface area contributed by atoms with Crippen LogP contribution in [0, 0.1) is 0 Å². The summed E-state index contributed by atoms with van der Waals surface area (Å²) < 4.78 is 3.36. The Bertz CT molecular complexity index is 622. The zero-order valence-corrected chi connectivity index (χ0v) is 13.3. The first-order valence-electron chi connectivity index (χ1n) is 7.58. The van der Waals surface area contributed by atoms with Gasteiger partial charge in [-0.05, 0) is 23.6 Å². The minimum Gasteiger partial charge on any atom is -0.309 e. The van der Waals surface area contributed by atoms with E-state index < -0.39 is 0 Å². The van der Waals surface area contributed by atoms with Crippen molar-refractivity contribution < 1.29 is 0 Å². The molecule has 1 heterocycles. The van der Waals surface area contributed by atoms with Crippen molar-refractivity contribution in [1.82, 2.24) is 14.5 Å². The van der Waals surface area contributed by atoms with E-state index in [2.05, 4.69) is 50.4 Å². The molecule has 1 aromatic heterocycles. The molecule has 21 heavy (non-hydrogen) atoms. The standard InChI is InChI=1S/C17H25N3O/c1-5-18-16(12-20-11-10-19(4)17(20)21)15-8-6-14(7-9-15)13(2)3/h6-11,13,16,18H,5,12H2,1-4H3. The van der Waals surface area contributed by atoms with Crippen molar-refractivity contribution in [1.29, 1.82) is 0 Å². The van der Waals surface area contributed by atoms with Gasteiger partial charge in [0.1, 0.15) is 0 Å². The van der Waals surface area contributed by atoms with Crippen molar-refractivity contribution in [2.45, 2.75) is 39.3 Å². The zero-order valence-electron chi connectivity index (χ0n) is 13.3. The lowest BCUT2D eigenvalue weighted by atomic mass is 9.99. The lowest BCUT2D eigenvalue weighted by Crippen LogP contribution is -2.30. The molecule has 0 aliphatic carbocycles. The molecule has 1 N–H and O–H groups in total. The first kappa shape index (κ1) is 15.6. The average Bonchev–Trinajstić information content (AvgIpc) is 2.79. The van der Waals surface area contributed by atoms with E-state index in [0.29, 0.717) is 12.5 Å². The Hall–Kier alpha value is -1.81. The van der Waals surface area contributed by atoms with E-state index in [9.17, 15) is 4.79 Å². The number of aromatic nitrogens is 2. The molecule has 4 heteroatoms. The van der Waals surface area contributed by atoms with E-state index in [1.165, 1.54) is 11.1 Å². The van der Waals surface area contributed by atoms with Crippen molar-refractivity contribution in [2.75, 3.05) is 6.54 Å². The molecule has 2 rings (SSSR count).